The van der Waals surface area contributed by atoms with Crippen molar-refractivity contribution in [1.82, 2.24) is 10.3 Å². The summed E-state index contributed by atoms with van der Waals surface area (Å²) in [4.78, 5) is 30.0. The molecule has 1 saturated heterocycles. The van der Waals surface area contributed by atoms with Gasteiger partial charge < -0.3 is 10.2 Å². The van der Waals surface area contributed by atoms with Crippen LogP contribution in [0.15, 0.2) is 23.7 Å². The maximum absolute atomic E-state index is 12.4. The normalized spacial score (nSPS) is 19.4. The Bertz CT molecular complexity index is 667. The van der Waals surface area contributed by atoms with E-state index < -0.39 is 6.04 Å². The van der Waals surface area contributed by atoms with Gasteiger partial charge in [0.2, 0.25) is 11.8 Å². The molecule has 104 valence electrons. The van der Waals surface area contributed by atoms with Crippen LogP contribution in [0.3, 0.4) is 0 Å². The monoisotopic (exact) mass is 289 g/mol. The minimum absolute atomic E-state index is 0.0321. The van der Waals surface area contributed by atoms with Gasteiger partial charge in [-0.15, -0.1) is 11.3 Å². The van der Waals surface area contributed by atoms with Crippen molar-refractivity contribution in [2.24, 2.45) is 0 Å². The van der Waals surface area contributed by atoms with E-state index in [4.69, 9.17) is 0 Å². The van der Waals surface area contributed by atoms with Gasteiger partial charge in [0.05, 0.1) is 15.7 Å². The molecular weight excluding hydrogens is 274 g/mol. The molecule has 0 radical (unpaired) electrons. The summed E-state index contributed by atoms with van der Waals surface area (Å²) in [6.07, 6.45) is 1.53. The second-order valence-electron chi connectivity index (χ2n) is 4.84. The highest BCUT2D eigenvalue weighted by molar-refractivity contribution is 7.16. The third kappa shape index (κ3) is 2.27. The van der Waals surface area contributed by atoms with Crippen molar-refractivity contribution in [2.75, 3.05) is 11.4 Å². The van der Waals surface area contributed by atoms with Gasteiger partial charge in [-0.2, -0.15) is 0 Å². The Morgan fingerprint density at radius 3 is 3.10 bits per heavy atom. The van der Waals surface area contributed by atoms with E-state index in [0.717, 1.165) is 22.3 Å². The number of thiazole rings is 1. The van der Waals surface area contributed by atoms with E-state index in [1.807, 2.05) is 25.1 Å². The maximum Gasteiger partial charge on any atom is 0.250 e. The zero-order chi connectivity index (χ0) is 14.1. The SMILES string of the molecule is CCCC1NC(=O)CN(c2ccc3ncsc3c2)C1=O. The molecule has 0 spiro atoms. The molecule has 20 heavy (non-hydrogen) atoms. The summed E-state index contributed by atoms with van der Waals surface area (Å²) in [7, 11) is 0. The first-order valence-corrected chi connectivity index (χ1v) is 7.51. The fraction of sp³-hybridized carbons (Fsp3) is 0.357. The molecule has 2 amide bonds. The van der Waals surface area contributed by atoms with Crippen molar-refractivity contribution >= 4 is 39.1 Å². The van der Waals surface area contributed by atoms with Crippen LogP contribution >= 0.6 is 11.3 Å². The minimum atomic E-state index is -0.404. The van der Waals surface area contributed by atoms with Crippen LogP contribution in [0.25, 0.3) is 10.2 Å². The van der Waals surface area contributed by atoms with Gasteiger partial charge in [-0.3, -0.25) is 9.59 Å². The van der Waals surface area contributed by atoms with Gasteiger partial charge in [0.1, 0.15) is 12.6 Å². The molecule has 1 aromatic carbocycles. The van der Waals surface area contributed by atoms with E-state index >= 15 is 0 Å². The number of aromatic nitrogens is 1. The summed E-state index contributed by atoms with van der Waals surface area (Å²) in [5.41, 5.74) is 3.46. The smallest absolute Gasteiger partial charge is 0.250 e. The first-order valence-electron chi connectivity index (χ1n) is 6.63. The zero-order valence-corrected chi connectivity index (χ0v) is 11.9. The van der Waals surface area contributed by atoms with Crippen LogP contribution < -0.4 is 10.2 Å². The number of carbonyl (C=O) groups excluding carboxylic acids is 2. The standard InChI is InChI=1S/C14H15N3O2S/c1-2-3-11-14(19)17(7-13(18)16-11)9-4-5-10-12(6-9)20-8-15-10/h4-6,8,11H,2-3,7H2,1H3,(H,16,18). The Morgan fingerprint density at radius 2 is 2.30 bits per heavy atom. The lowest BCUT2D eigenvalue weighted by atomic mass is 10.1. The second kappa shape index (κ2) is 5.20. The van der Waals surface area contributed by atoms with Gasteiger partial charge in [0.25, 0.3) is 0 Å². The summed E-state index contributed by atoms with van der Waals surface area (Å²) >= 11 is 1.53. The third-order valence-electron chi connectivity index (χ3n) is 3.40. The summed E-state index contributed by atoms with van der Waals surface area (Å²) in [6.45, 7) is 2.09. The second-order valence-corrected chi connectivity index (χ2v) is 5.72. The minimum Gasteiger partial charge on any atom is -0.343 e. The van der Waals surface area contributed by atoms with Gasteiger partial charge in [-0.05, 0) is 24.6 Å². The zero-order valence-electron chi connectivity index (χ0n) is 11.1. The average molecular weight is 289 g/mol. The van der Waals surface area contributed by atoms with E-state index in [-0.39, 0.29) is 18.4 Å². The van der Waals surface area contributed by atoms with Crippen LogP contribution in [-0.2, 0) is 9.59 Å². The number of hydrogen-bond acceptors (Lipinski definition) is 4. The summed E-state index contributed by atoms with van der Waals surface area (Å²) in [5, 5.41) is 2.76. The number of anilines is 1. The van der Waals surface area contributed by atoms with Crippen LogP contribution in [0, 0.1) is 0 Å². The highest BCUT2D eigenvalue weighted by atomic mass is 32.1. The lowest BCUT2D eigenvalue weighted by molar-refractivity contribution is -0.131. The Labute approximate surface area is 120 Å². The Morgan fingerprint density at radius 1 is 1.45 bits per heavy atom. The number of carbonyl (C=O) groups is 2. The molecule has 3 rings (SSSR count). The van der Waals surface area contributed by atoms with Crippen LogP contribution in [-0.4, -0.2) is 29.4 Å². The molecule has 6 heteroatoms. The van der Waals surface area contributed by atoms with Crippen molar-refractivity contribution < 1.29 is 9.59 Å². The van der Waals surface area contributed by atoms with Crippen LogP contribution in [0.1, 0.15) is 19.8 Å². The predicted octanol–water partition coefficient (Wildman–Crippen LogP) is 1.93. The Kier molecular flexibility index (Phi) is 3.40. The van der Waals surface area contributed by atoms with Crippen LogP contribution in [0.4, 0.5) is 5.69 Å². The lowest BCUT2D eigenvalue weighted by Gasteiger charge is -2.32. The number of rotatable bonds is 3. The molecule has 0 bridgehead atoms. The summed E-state index contributed by atoms with van der Waals surface area (Å²) in [6, 6.07) is 5.25. The van der Waals surface area contributed by atoms with Gasteiger partial charge >= 0.3 is 0 Å². The Hall–Kier alpha value is -1.95. The number of nitrogens with one attached hydrogen (secondary N) is 1. The Balaban J connectivity index is 1.94. The van der Waals surface area contributed by atoms with Crippen LogP contribution in [0.2, 0.25) is 0 Å². The molecule has 1 N–H and O–H groups in total. The van der Waals surface area contributed by atoms with Crippen molar-refractivity contribution in [3.05, 3.63) is 23.7 Å². The average Bonchev–Trinajstić information content (AvgIpc) is 2.90. The number of piperazine rings is 1. The molecule has 0 aliphatic carbocycles. The van der Waals surface area contributed by atoms with Gasteiger partial charge in [-0.1, -0.05) is 13.3 Å². The van der Waals surface area contributed by atoms with E-state index in [0.29, 0.717) is 6.42 Å². The van der Waals surface area contributed by atoms with Crippen molar-refractivity contribution in [3.63, 3.8) is 0 Å². The predicted molar refractivity (Wildman–Crippen MR) is 78.8 cm³/mol. The molecule has 1 fully saturated rings. The highest BCUT2D eigenvalue weighted by Gasteiger charge is 2.32. The number of fused-ring (bicyclic) bond motifs is 1. The largest absolute Gasteiger partial charge is 0.343 e. The van der Waals surface area contributed by atoms with Gasteiger partial charge in [0.15, 0.2) is 0 Å². The fourth-order valence-corrected chi connectivity index (χ4v) is 3.14. The molecular formula is C14H15N3O2S. The summed E-state index contributed by atoms with van der Waals surface area (Å²) in [5.74, 6) is -0.136. The quantitative estimate of drug-likeness (QED) is 0.939. The molecule has 1 aliphatic rings. The fourth-order valence-electron chi connectivity index (χ4n) is 2.43. The number of nitrogens with zero attached hydrogens (tertiary/aromatic N) is 2. The van der Waals surface area contributed by atoms with Crippen molar-refractivity contribution in [2.45, 2.75) is 25.8 Å². The number of amides is 2. The number of benzene rings is 1. The maximum atomic E-state index is 12.4. The first kappa shape index (κ1) is 13.1. The molecule has 1 atom stereocenters. The lowest BCUT2D eigenvalue weighted by Crippen LogP contribution is -2.58. The molecule has 1 aromatic heterocycles. The van der Waals surface area contributed by atoms with E-state index in [2.05, 4.69) is 10.3 Å². The summed E-state index contributed by atoms with van der Waals surface area (Å²) < 4.78 is 1.02. The molecule has 2 heterocycles. The van der Waals surface area contributed by atoms with E-state index in [1.54, 1.807) is 10.4 Å². The molecule has 2 aromatic rings. The molecule has 0 saturated carbocycles. The van der Waals surface area contributed by atoms with Gasteiger partial charge in [-0.25, -0.2) is 4.98 Å². The number of hydrogen-bond donors (Lipinski definition) is 1. The molecule has 1 unspecified atom stereocenters. The molecule has 1 aliphatic heterocycles. The van der Waals surface area contributed by atoms with E-state index in [9.17, 15) is 9.59 Å². The molecule has 5 nitrogen and oxygen atoms in total. The van der Waals surface area contributed by atoms with Crippen LogP contribution in [0.5, 0.6) is 0 Å². The third-order valence-corrected chi connectivity index (χ3v) is 4.20. The van der Waals surface area contributed by atoms with E-state index in [1.165, 1.54) is 11.3 Å². The topological polar surface area (TPSA) is 62.3 Å². The van der Waals surface area contributed by atoms with Crippen molar-refractivity contribution in [3.8, 4) is 0 Å². The van der Waals surface area contributed by atoms with Gasteiger partial charge in [0, 0.05) is 5.69 Å². The van der Waals surface area contributed by atoms with Crippen molar-refractivity contribution in [1.29, 1.82) is 0 Å². The highest BCUT2D eigenvalue weighted by Crippen LogP contribution is 2.26. The first-order chi connectivity index (χ1) is 9.69.